The van der Waals surface area contributed by atoms with E-state index in [2.05, 4.69) is 80.0 Å². The van der Waals surface area contributed by atoms with Gasteiger partial charge in [-0.3, -0.25) is 0 Å². The Morgan fingerprint density at radius 3 is 1.27 bits per heavy atom. The summed E-state index contributed by atoms with van der Waals surface area (Å²) in [7, 11) is 0. The van der Waals surface area contributed by atoms with Gasteiger partial charge in [0.25, 0.3) is 0 Å². The molecule has 0 N–H and O–H groups in total. The molecule has 0 saturated heterocycles. The number of rotatable bonds is 7. The SMILES string of the molecule is C.C.C.C.CCC[O][Al]([CH3])[CH2]CC.II.[CH3][Al]([CH3])[O][Al]([CH3])[CH3]. The molecule has 0 rings (SSSR count). The third-order valence-electron chi connectivity index (χ3n) is 1.85. The fraction of sp³-hybridized carbons (Fsp3) is 1.00. The van der Waals surface area contributed by atoms with Crippen LogP contribution in [0.15, 0.2) is 0 Å². The van der Waals surface area contributed by atoms with Crippen LogP contribution in [0.3, 0.4) is 0 Å². The van der Waals surface area contributed by atoms with E-state index in [1.807, 2.05) is 0 Å². The van der Waals surface area contributed by atoms with Gasteiger partial charge in [-0.25, -0.2) is 0 Å². The van der Waals surface area contributed by atoms with Crippen LogP contribution in [0.4, 0.5) is 0 Å². The van der Waals surface area contributed by atoms with Gasteiger partial charge in [-0.05, 0) is 6.42 Å². The van der Waals surface area contributed by atoms with Gasteiger partial charge >= 0.3 is 43.4 Å². The first kappa shape index (κ1) is 44.4. The summed E-state index contributed by atoms with van der Waals surface area (Å²) in [6.07, 6.45) is 2.46. The van der Waals surface area contributed by atoms with Crippen LogP contribution in [0.25, 0.3) is 0 Å². The van der Waals surface area contributed by atoms with Gasteiger partial charge in [-0.15, -0.1) is 0 Å². The second-order valence-corrected chi connectivity index (χ2v) is 12.5. The van der Waals surface area contributed by atoms with E-state index in [1.54, 1.807) is 0 Å². The fourth-order valence-electron chi connectivity index (χ4n) is 1.35. The molecule has 0 fully saturated rings. The highest BCUT2D eigenvalue weighted by Gasteiger charge is 2.09. The monoisotopic (exact) mass is 592 g/mol. The first-order chi connectivity index (χ1) is 8.43. The lowest BCUT2D eigenvalue weighted by molar-refractivity contribution is 0.321. The van der Waals surface area contributed by atoms with Crippen molar-refractivity contribution in [1.82, 2.24) is 0 Å². The quantitative estimate of drug-likeness (QED) is 0.219. The van der Waals surface area contributed by atoms with Crippen LogP contribution in [0.5, 0.6) is 0 Å². The smallest absolute Gasteiger partial charge is 0.457 e. The van der Waals surface area contributed by atoms with E-state index in [0.29, 0.717) is 0 Å². The van der Waals surface area contributed by atoms with Crippen LogP contribution < -0.4 is 0 Å². The van der Waals surface area contributed by atoms with Crippen LogP contribution >= 0.6 is 37.2 Å². The first-order valence-electron chi connectivity index (χ1n) is 6.85. The predicted octanol–water partition coefficient (Wildman–Crippen LogP) is 8.27. The molecular weight excluding hydrogens is 547 g/mol. The molecule has 0 radical (unpaired) electrons. The summed E-state index contributed by atoms with van der Waals surface area (Å²) in [5.41, 5.74) is 0. The van der Waals surface area contributed by atoms with Crippen molar-refractivity contribution >= 4 is 80.7 Å². The van der Waals surface area contributed by atoms with E-state index in [1.165, 1.54) is 18.1 Å². The molecule has 0 bridgehead atoms. The third-order valence-corrected chi connectivity index (χ3v) is 8.40. The van der Waals surface area contributed by atoms with Crippen LogP contribution in [-0.4, -0.2) is 50.1 Å². The molecule has 0 aliphatic carbocycles. The number of hydrogen-bond donors (Lipinski definition) is 0. The van der Waals surface area contributed by atoms with E-state index >= 15 is 0 Å². The Kier molecular flexibility index (Phi) is 79.1. The molecule has 0 aromatic carbocycles. The van der Waals surface area contributed by atoms with Gasteiger partial charge in [0.1, 0.15) is 0 Å². The van der Waals surface area contributed by atoms with E-state index in [4.69, 9.17) is 6.63 Å². The molecule has 0 atom stereocenters. The molecule has 0 amide bonds. The number of halogens is 2. The highest BCUT2D eigenvalue weighted by molar-refractivity contribution is 15.0. The van der Waals surface area contributed by atoms with Gasteiger partial charge in [0, 0.05) is 43.8 Å². The summed E-state index contributed by atoms with van der Waals surface area (Å²) in [5, 5.41) is 1.33. The van der Waals surface area contributed by atoms with Gasteiger partial charge in [-0.2, -0.15) is 0 Å². The Morgan fingerprint density at radius 2 is 1.09 bits per heavy atom. The molecule has 2 nitrogen and oxygen atoms in total. The van der Waals surface area contributed by atoms with E-state index in [0.717, 1.165) is 6.61 Å². The largest absolute Gasteiger partial charge is 0.637 e. The zero-order chi connectivity index (χ0) is 15.0. The molecule has 0 aliphatic heterocycles. The summed E-state index contributed by atoms with van der Waals surface area (Å²) in [6, 6.07) is 0. The molecule has 0 spiro atoms. The maximum Gasteiger partial charge on any atom is 0.457 e. The average Bonchev–Trinajstić information content (AvgIpc) is 2.28. The second kappa shape index (κ2) is 39.2. The van der Waals surface area contributed by atoms with Crippen molar-refractivity contribution in [3.63, 3.8) is 0 Å². The molecule has 0 aliphatic rings. The highest BCUT2D eigenvalue weighted by Crippen LogP contribution is 1.98. The van der Waals surface area contributed by atoms with Gasteiger partial charge in [-0.1, -0.05) is 84.2 Å². The van der Waals surface area contributed by atoms with Gasteiger partial charge < -0.3 is 6.63 Å². The lowest BCUT2D eigenvalue weighted by Gasteiger charge is -2.04. The molecule has 7 heteroatoms. The van der Waals surface area contributed by atoms with Gasteiger partial charge in [0.05, 0.1) is 0 Å². The molecule has 0 heterocycles. The maximum absolute atomic E-state index is 5.57. The Labute approximate surface area is 182 Å². The number of hydrogen-bond acceptors (Lipinski definition) is 2. The van der Waals surface area contributed by atoms with Crippen molar-refractivity contribution in [1.29, 1.82) is 0 Å². The van der Waals surface area contributed by atoms with Crippen molar-refractivity contribution in [2.24, 2.45) is 0 Å². The minimum Gasteiger partial charge on any atom is -0.637 e. The average molecular weight is 592 g/mol. The Bertz CT molecular complexity index is 138. The second-order valence-electron chi connectivity index (χ2n) is 4.70. The first-order valence-corrected chi connectivity index (χ1v) is 21.1. The van der Waals surface area contributed by atoms with Crippen LogP contribution in [0, 0.1) is 0 Å². The normalized spacial score (nSPS) is 6.95. The molecule has 0 saturated carbocycles. The molecule has 0 aromatic rings. The zero-order valence-electron chi connectivity index (χ0n) is 13.1. The van der Waals surface area contributed by atoms with Crippen LogP contribution in [0.2, 0.25) is 34.2 Å². The van der Waals surface area contributed by atoms with Crippen LogP contribution in [0.1, 0.15) is 56.4 Å². The molecule has 0 unspecified atom stereocenters. The molecule has 140 valence electrons. The summed E-state index contributed by atoms with van der Waals surface area (Å²) < 4.78 is 11.1. The van der Waals surface area contributed by atoms with Gasteiger partial charge in [0.2, 0.25) is 0 Å². The minimum atomic E-state index is -0.720. The minimum absolute atomic E-state index is 0. The summed E-state index contributed by atoms with van der Waals surface area (Å²) in [5.74, 6) is 11.1. The third kappa shape index (κ3) is 56.8. The topological polar surface area (TPSA) is 18.5 Å². The molecular formula is C15H45Al3I2O2. The summed E-state index contributed by atoms with van der Waals surface area (Å²) in [6.45, 7) is 5.36. The summed E-state index contributed by atoms with van der Waals surface area (Å²) in [4.78, 5) is 0. The molecule has 0 aromatic heterocycles. The standard InChI is InChI=1S/C3H7O.C3H7.4CH4.5CH3.3Al.I2.O/c1-2-3-4;1-3-2;;;;;;;;;;;;;1-2;/h2-3H2,1H3;1,3H2,2H3;4*1H4;5*1H3;;;;;/q-1;;;;;;;;;;;;;+1;;. The van der Waals surface area contributed by atoms with Crippen molar-refractivity contribution < 1.29 is 6.63 Å². The zero-order valence-corrected chi connectivity index (χ0v) is 20.9. The maximum atomic E-state index is 5.57. The Hall–Kier alpha value is 2.98. The van der Waals surface area contributed by atoms with Crippen LogP contribution in [-0.2, 0) is 6.63 Å². The predicted molar refractivity (Wildman–Crippen MR) is 134 cm³/mol. The van der Waals surface area contributed by atoms with Crippen molar-refractivity contribution in [2.75, 3.05) is 6.61 Å². The lowest BCUT2D eigenvalue weighted by atomic mass is 10.5. The van der Waals surface area contributed by atoms with E-state index in [-0.39, 0.29) is 29.7 Å². The highest BCUT2D eigenvalue weighted by atomic mass is 128. The molecule has 22 heavy (non-hydrogen) atoms. The van der Waals surface area contributed by atoms with Gasteiger partial charge in [0.15, 0.2) is 0 Å². The lowest BCUT2D eigenvalue weighted by Crippen LogP contribution is -2.17. The van der Waals surface area contributed by atoms with Crippen molar-refractivity contribution in [3.05, 3.63) is 0 Å². The van der Waals surface area contributed by atoms with Crippen molar-refractivity contribution in [3.8, 4) is 0 Å². The Balaban J connectivity index is -0.0000000320. The van der Waals surface area contributed by atoms with E-state index < -0.39 is 43.4 Å². The fourth-order valence-corrected chi connectivity index (χ4v) is 7.33. The van der Waals surface area contributed by atoms with Crippen molar-refractivity contribution in [2.45, 2.75) is 90.6 Å². The summed E-state index contributed by atoms with van der Waals surface area (Å²) >= 11 is 2.19. The van der Waals surface area contributed by atoms with E-state index in [9.17, 15) is 0 Å². The Morgan fingerprint density at radius 1 is 0.727 bits per heavy atom.